The van der Waals surface area contributed by atoms with Gasteiger partial charge in [0, 0.05) is 44.8 Å². The topological polar surface area (TPSA) is 54.3 Å². The van der Waals surface area contributed by atoms with Crippen LogP contribution < -0.4 is 4.90 Å². The number of pyridine rings is 1. The van der Waals surface area contributed by atoms with Crippen molar-refractivity contribution in [1.29, 1.82) is 0 Å². The minimum Gasteiger partial charge on any atom is -0.357 e. The number of imidazole rings is 1. The summed E-state index contributed by atoms with van der Waals surface area (Å²) in [6.45, 7) is 3.69. The number of carbonyl (C=O) groups is 1. The third-order valence-corrected chi connectivity index (χ3v) is 5.06. The summed E-state index contributed by atoms with van der Waals surface area (Å²) in [5.41, 5.74) is 0.684. The zero-order valence-electron chi connectivity index (χ0n) is 13.8. The molecule has 0 bridgehead atoms. The molecule has 2 aromatic rings. The van der Waals surface area contributed by atoms with E-state index in [2.05, 4.69) is 19.4 Å². The number of piperidine rings is 1. The SMILES string of the molecule is O=C(c1ccc(N2CCCC2)nc1)N1CCC[C@H](n2ccnc2)C1. The lowest BCUT2D eigenvalue weighted by molar-refractivity contribution is 0.0679. The lowest BCUT2D eigenvalue weighted by Gasteiger charge is -2.33. The van der Waals surface area contributed by atoms with E-state index in [-0.39, 0.29) is 5.91 Å². The van der Waals surface area contributed by atoms with Gasteiger partial charge < -0.3 is 14.4 Å². The molecule has 0 spiro atoms. The summed E-state index contributed by atoms with van der Waals surface area (Å²) in [5, 5.41) is 0. The second-order valence-corrected chi connectivity index (χ2v) is 6.66. The van der Waals surface area contributed by atoms with Crippen molar-refractivity contribution in [1.82, 2.24) is 19.4 Å². The fraction of sp³-hybridized carbons (Fsp3) is 0.500. The third-order valence-electron chi connectivity index (χ3n) is 5.06. The summed E-state index contributed by atoms with van der Waals surface area (Å²) >= 11 is 0. The first-order valence-corrected chi connectivity index (χ1v) is 8.79. The van der Waals surface area contributed by atoms with E-state index >= 15 is 0 Å². The van der Waals surface area contributed by atoms with Gasteiger partial charge in [-0.25, -0.2) is 9.97 Å². The Labute approximate surface area is 142 Å². The fourth-order valence-electron chi connectivity index (χ4n) is 3.70. The molecule has 0 radical (unpaired) electrons. The highest BCUT2D eigenvalue weighted by atomic mass is 16.2. The van der Waals surface area contributed by atoms with Crippen LogP contribution in [0, 0.1) is 0 Å². The molecule has 2 aliphatic heterocycles. The van der Waals surface area contributed by atoms with Gasteiger partial charge in [-0.05, 0) is 37.8 Å². The number of anilines is 1. The van der Waals surface area contributed by atoms with Crippen LogP contribution in [0.3, 0.4) is 0 Å². The molecule has 4 heterocycles. The van der Waals surface area contributed by atoms with Crippen LogP contribution in [0.15, 0.2) is 37.1 Å². The molecule has 2 fully saturated rings. The highest BCUT2D eigenvalue weighted by molar-refractivity contribution is 5.94. The first kappa shape index (κ1) is 15.2. The van der Waals surface area contributed by atoms with Crippen molar-refractivity contribution in [2.24, 2.45) is 0 Å². The second-order valence-electron chi connectivity index (χ2n) is 6.66. The minimum absolute atomic E-state index is 0.0836. The first-order valence-electron chi connectivity index (χ1n) is 8.79. The molecule has 0 unspecified atom stereocenters. The highest BCUT2D eigenvalue weighted by Crippen LogP contribution is 2.23. The van der Waals surface area contributed by atoms with Gasteiger partial charge in [0.25, 0.3) is 5.91 Å². The zero-order valence-corrected chi connectivity index (χ0v) is 13.8. The summed E-state index contributed by atoms with van der Waals surface area (Å²) in [7, 11) is 0. The summed E-state index contributed by atoms with van der Waals surface area (Å²) < 4.78 is 2.11. The Balaban J connectivity index is 1.44. The Morgan fingerprint density at radius 1 is 1.12 bits per heavy atom. The molecule has 1 amide bonds. The molecule has 6 nitrogen and oxygen atoms in total. The van der Waals surface area contributed by atoms with Crippen LogP contribution in [0.4, 0.5) is 5.82 Å². The van der Waals surface area contributed by atoms with Gasteiger partial charge in [0.1, 0.15) is 5.82 Å². The Kier molecular flexibility index (Phi) is 4.19. The Morgan fingerprint density at radius 3 is 2.71 bits per heavy atom. The van der Waals surface area contributed by atoms with Gasteiger partial charge in [-0.15, -0.1) is 0 Å². The number of rotatable bonds is 3. The molecule has 24 heavy (non-hydrogen) atoms. The number of hydrogen-bond acceptors (Lipinski definition) is 4. The molecule has 2 aliphatic rings. The van der Waals surface area contributed by atoms with E-state index in [1.165, 1.54) is 12.8 Å². The number of hydrogen-bond donors (Lipinski definition) is 0. The highest BCUT2D eigenvalue weighted by Gasteiger charge is 2.25. The van der Waals surface area contributed by atoms with Gasteiger partial charge in [0.05, 0.1) is 17.9 Å². The molecule has 6 heteroatoms. The van der Waals surface area contributed by atoms with Crippen molar-refractivity contribution in [2.45, 2.75) is 31.7 Å². The summed E-state index contributed by atoms with van der Waals surface area (Å²) in [6.07, 6.45) is 11.9. The Morgan fingerprint density at radius 2 is 2.00 bits per heavy atom. The van der Waals surface area contributed by atoms with Gasteiger partial charge in [0.15, 0.2) is 0 Å². The monoisotopic (exact) mass is 325 g/mol. The molecule has 0 N–H and O–H groups in total. The standard InChI is InChI=1S/C18H23N5O/c24-18(15-5-6-17(20-12-15)21-8-1-2-9-21)22-10-3-4-16(13-22)23-11-7-19-14-23/h5-7,11-12,14,16H,1-4,8-10,13H2/t16-/m0/s1. The lowest BCUT2D eigenvalue weighted by Crippen LogP contribution is -2.40. The molecule has 0 aromatic carbocycles. The average Bonchev–Trinajstić information content (AvgIpc) is 3.35. The quantitative estimate of drug-likeness (QED) is 0.869. The summed E-state index contributed by atoms with van der Waals surface area (Å²) in [5.74, 6) is 1.07. The van der Waals surface area contributed by atoms with E-state index in [0.29, 0.717) is 11.6 Å². The molecule has 0 saturated carbocycles. The van der Waals surface area contributed by atoms with Crippen LogP contribution >= 0.6 is 0 Å². The number of nitrogens with zero attached hydrogens (tertiary/aromatic N) is 5. The lowest BCUT2D eigenvalue weighted by atomic mass is 10.0. The van der Waals surface area contributed by atoms with Crippen LogP contribution in [-0.4, -0.2) is 51.5 Å². The van der Waals surface area contributed by atoms with E-state index in [9.17, 15) is 4.79 Å². The van der Waals surface area contributed by atoms with Crippen LogP contribution in [0.5, 0.6) is 0 Å². The van der Waals surface area contributed by atoms with E-state index in [0.717, 1.165) is 44.8 Å². The van der Waals surface area contributed by atoms with Gasteiger partial charge >= 0.3 is 0 Å². The van der Waals surface area contributed by atoms with E-state index in [1.54, 1.807) is 12.4 Å². The maximum atomic E-state index is 12.8. The molecular weight excluding hydrogens is 302 g/mol. The Bertz CT molecular complexity index is 676. The van der Waals surface area contributed by atoms with Gasteiger partial charge in [-0.2, -0.15) is 0 Å². The Hall–Kier alpha value is -2.37. The average molecular weight is 325 g/mol. The minimum atomic E-state index is 0.0836. The number of likely N-dealkylation sites (tertiary alicyclic amines) is 1. The molecule has 1 atom stereocenters. The summed E-state index contributed by atoms with van der Waals surface area (Å²) in [4.78, 5) is 25.6. The van der Waals surface area contributed by atoms with E-state index in [1.807, 2.05) is 29.6 Å². The fourth-order valence-corrected chi connectivity index (χ4v) is 3.70. The van der Waals surface area contributed by atoms with Crippen LogP contribution in [0.2, 0.25) is 0 Å². The zero-order chi connectivity index (χ0) is 16.4. The molecule has 2 aromatic heterocycles. The van der Waals surface area contributed by atoms with E-state index < -0.39 is 0 Å². The predicted octanol–water partition coefficient (Wildman–Crippen LogP) is 2.36. The number of amides is 1. The number of carbonyl (C=O) groups excluding carboxylic acids is 1. The molecule has 0 aliphatic carbocycles. The van der Waals surface area contributed by atoms with Crippen LogP contribution in [0.1, 0.15) is 42.1 Å². The van der Waals surface area contributed by atoms with Crippen LogP contribution in [0.25, 0.3) is 0 Å². The van der Waals surface area contributed by atoms with Crippen LogP contribution in [-0.2, 0) is 0 Å². The largest absolute Gasteiger partial charge is 0.357 e. The molecular formula is C18H23N5O. The molecule has 2 saturated heterocycles. The van der Waals surface area contributed by atoms with Crippen molar-refractivity contribution in [3.8, 4) is 0 Å². The van der Waals surface area contributed by atoms with Gasteiger partial charge in [0.2, 0.25) is 0 Å². The van der Waals surface area contributed by atoms with Crippen molar-refractivity contribution in [3.63, 3.8) is 0 Å². The molecule has 4 rings (SSSR count). The summed E-state index contributed by atoms with van der Waals surface area (Å²) in [6, 6.07) is 4.22. The number of aromatic nitrogens is 3. The van der Waals surface area contributed by atoms with Gasteiger partial charge in [-0.1, -0.05) is 0 Å². The normalized spacial score (nSPS) is 21.2. The van der Waals surface area contributed by atoms with Crippen molar-refractivity contribution >= 4 is 11.7 Å². The first-order chi connectivity index (χ1) is 11.8. The van der Waals surface area contributed by atoms with Crippen molar-refractivity contribution < 1.29 is 4.79 Å². The smallest absolute Gasteiger partial charge is 0.255 e. The third kappa shape index (κ3) is 3.00. The second kappa shape index (κ2) is 6.63. The van der Waals surface area contributed by atoms with E-state index in [4.69, 9.17) is 0 Å². The maximum Gasteiger partial charge on any atom is 0.255 e. The molecule has 126 valence electrons. The van der Waals surface area contributed by atoms with Gasteiger partial charge in [-0.3, -0.25) is 4.79 Å². The predicted molar refractivity (Wildman–Crippen MR) is 92.1 cm³/mol. The van der Waals surface area contributed by atoms with Crippen molar-refractivity contribution in [2.75, 3.05) is 31.1 Å². The maximum absolute atomic E-state index is 12.8. The van der Waals surface area contributed by atoms with Crippen molar-refractivity contribution in [3.05, 3.63) is 42.6 Å².